The molecule has 1 aromatic carbocycles. The van der Waals surface area contributed by atoms with Crippen molar-refractivity contribution in [2.45, 2.75) is 38.4 Å². The lowest BCUT2D eigenvalue weighted by molar-refractivity contribution is -0.119. The summed E-state index contributed by atoms with van der Waals surface area (Å²) >= 11 is 1.38. The van der Waals surface area contributed by atoms with Gasteiger partial charge in [0.15, 0.2) is 11.0 Å². The maximum absolute atomic E-state index is 12.4. The summed E-state index contributed by atoms with van der Waals surface area (Å²) in [6.07, 6.45) is 2.48. The fourth-order valence-corrected chi connectivity index (χ4v) is 3.60. The first-order chi connectivity index (χ1) is 13.0. The zero-order chi connectivity index (χ0) is 19.4. The van der Waals surface area contributed by atoms with E-state index in [1.807, 2.05) is 24.6 Å². The van der Waals surface area contributed by atoms with Crippen LogP contribution in [-0.2, 0) is 11.8 Å². The van der Waals surface area contributed by atoms with Crippen molar-refractivity contribution in [2.24, 2.45) is 7.05 Å². The molecule has 2 heterocycles. The Morgan fingerprint density at radius 2 is 1.96 bits per heavy atom. The van der Waals surface area contributed by atoms with Crippen molar-refractivity contribution in [2.75, 3.05) is 5.75 Å². The van der Waals surface area contributed by atoms with Gasteiger partial charge >= 0.3 is 0 Å². The number of hydrogen-bond acceptors (Lipinski definition) is 5. The Balaban J connectivity index is 1.61. The van der Waals surface area contributed by atoms with Crippen LogP contribution in [0.2, 0.25) is 0 Å². The molecule has 7 heteroatoms. The Hall–Kier alpha value is -2.54. The number of aromatic nitrogens is 3. The predicted molar refractivity (Wildman–Crippen MR) is 107 cm³/mol. The van der Waals surface area contributed by atoms with Gasteiger partial charge in [-0.15, -0.1) is 10.2 Å². The van der Waals surface area contributed by atoms with E-state index in [4.69, 9.17) is 4.42 Å². The number of nitrogens with one attached hydrogen (secondary N) is 1. The minimum atomic E-state index is -0.0172. The van der Waals surface area contributed by atoms with Crippen LogP contribution in [0.25, 0.3) is 11.4 Å². The summed E-state index contributed by atoms with van der Waals surface area (Å²) in [5, 5.41) is 12.2. The van der Waals surface area contributed by atoms with Crippen LogP contribution in [0.1, 0.15) is 36.3 Å². The molecular formula is C20H24N4O2S. The SMILES string of the molecule is CC[C@H](NC(=O)CSc1nnc(-c2ccoc2C)n1C)c1ccc(C)cc1. The first-order valence-electron chi connectivity index (χ1n) is 8.92. The van der Waals surface area contributed by atoms with Gasteiger partial charge < -0.3 is 14.3 Å². The Bertz CT molecular complexity index is 914. The van der Waals surface area contributed by atoms with Crippen LogP contribution in [0, 0.1) is 13.8 Å². The molecule has 0 saturated heterocycles. The summed E-state index contributed by atoms with van der Waals surface area (Å²) < 4.78 is 7.22. The van der Waals surface area contributed by atoms with Gasteiger partial charge in [-0.25, -0.2) is 0 Å². The molecule has 0 radical (unpaired) electrons. The standard InChI is InChI=1S/C20H24N4O2S/c1-5-17(15-8-6-13(2)7-9-15)21-18(25)12-27-20-23-22-19(24(20)4)16-10-11-26-14(16)3/h6-11,17H,5,12H2,1-4H3,(H,21,25)/t17-/m0/s1. The van der Waals surface area contributed by atoms with Crippen LogP contribution in [-0.4, -0.2) is 26.4 Å². The molecule has 0 bridgehead atoms. The van der Waals surface area contributed by atoms with Gasteiger partial charge in [0.1, 0.15) is 5.76 Å². The first kappa shape index (κ1) is 19.2. The Labute approximate surface area is 163 Å². The molecule has 0 aliphatic rings. The van der Waals surface area contributed by atoms with Crippen molar-refractivity contribution in [1.29, 1.82) is 0 Å². The summed E-state index contributed by atoms with van der Waals surface area (Å²) in [6, 6.07) is 10.2. The minimum Gasteiger partial charge on any atom is -0.469 e. The van der Waals surface area contributed by atoms with Crippen LogP contribution in [0.4, 0.5) is 0 Å². The summed E-state index contributed by atoms with van der Waals surface area (Å²) in [5.41, 5.74) is 3.24. The zero-order valence-electron chi connectivity index (χ0n) is 16.0. The molecule has 27 heavy (non-hydrogen) atoms. The average molecular weight is 385 g/mol. The molecular weight excluding hydrogens is 360 g/mol. The van der Waals surface area contributed by atoms with Gasteiger partial charge in [-0.2, -0.15) is 0 Å². The first-order valence-corrected chi connectivity index (χ1v) is 9.90. The third-order valence-electron chi connectivity index (χ3n) is 4.49. The highest BCUT2D eigenvalue weighted by Crippen LogP contribution is 2.26. The fraction of sp³-hybridized carbons (Fsp3) is 0.350. The number of furan rings is 1. The average Bonchev–Trinajstić information content (AvgIpc) is 3.24. The van der Waals surface area contributed by atoms with Crippen molar-refractivity contribution >= 4 is 17.7 Å². The molecule has 1 amide bonds. The summed E-state index contributed by atoms with van der Waals surface area (Å²) in [7, 11) is 1.89. The number of aryl methyl sites for hydroxylation is 2. The van der Waals surface area contributed by atoms with Crippen molar-refractivity contribution in [1.82, 2.24) is 20.1 Å². The molecule has 0 aliphatic heterocycles. The van der Waals surface area contributed by atoms with Crippen molar-refractivity contribution in [3.63, 3.8) is 0 Å². The van der Waals surface area contributed by atoms with E-state index in [0.29, 0.717) is 10.9 Å². The number of hydrogen-bond donors (Lipinski definition) is 1. The van der Waals surface area contributed by atoms with Crippen molar-refractivity contribution < 1.29 is 9.21 Å². The number of carbonyl (C=O) groups excluding carboxylic acids is 1. The number of thioether (sulfide) groups is 1. The van der Waals surface area contributed by atoms with Crippen LogP contribution in [0.15, 0.2) is 46.2 Å². The molecule has 3 rings (SSSR count). The van der Waals surface area contributed by atoms with Gasteiger partial charge in [0, 0.05) is 7.05 Å². The molecule has 0 spiro atoms. The smallest absolute Gasteiger partial charge is 0.230 e. The Morgan fingerprint density at radius 1 is 1.22 bits per heavy atom. The largest absolute Gasteiger partial charge is 0.469 e. The van der Waals surface area contributed by atoms with Crippen LogP contribution in [0.3, 0.4) is 0 Å². The van der Waals surface area contributed by atoms with Gasteiger partial charge in [0.05, 0.1) is 23.6 Å². The lowest BCUT2D eigenvalue weighted by Crippen LogP contribution is -2.29. The molecule has 142 valence electrons. The number of amides is 1. The predicted octanol–water partition coefficient (Wildman–Crippen LogP) is 4.05. The topological polar surface area (TPSA) is 73.0 Å². The monoisotopic (exact) mass is 384 g/mol. The highest BCUT2D eigenvalue weighted by Gasteiger charge is 2.17. The lowest BCUT2D eigenvalue weighted by atomic mass is 10.0. The summed E-state index contributed by atoms with van der Waals surface area (Å²) in [4.78, 5) is 12.4. The van der Waals surface area contributed by atoms with E-state index in [2.05, 4.69) is 53.6 Å². The number of nitrogens with zero attached hydrogens (tertiary/aromatic N) is 3. The second kappa shape index (κ2) is 8.43. The van der Waals surface area contributed by atoms with Gasteiger partial charge in [-0.3, -0.25) is 4.79 Å². The molecule has 1 N–H and O–H groups in total. The van der Waals surface area contributed by atoms with E-state index in [1.165, 1.54) is 17.3 Å². The van der Waals surface area contributed by atoms with E-state index in [9.17, 15) is 4.79 Å². The molecule has 2 aromatic heterocycles. The molecule has 3 aromatic rings. The van der Waals surface area contributed by atoms with Crippen LogP contribution >= 0.6 is 11.8 Å². The van der Waals surface area contributed by atoms with Gasteiger partial charge in [0.2, 0.25) is 5.91 Å². The van der Waals surface area contributed by atoms with E-state index in [0.717, 1.165) is 29.1 Å². The number of rotatable bonds is 7. The Kier molecular flexibility index (Phi) is 6.01. The van der Waals surface area contributed by atoms with Crippen LogP contribution < -0.4 is 5.32 Å². The highest BCUT2D eigenvalue weighted by molar-refractivity contribution is 7.99. The van der Waals surface area contributed by atoms with Gasteiger partial charge in [0.25, 0.3) is 0 Å². The minimum absolute atomic E-state index is 0.0161. The van der Waals surface area contributed by atoms with Gasteiger partial charge in [-0.1, -0.05) is 48.5 Å². The number of carbonyl (C=O) groups is 1. The molecule has 6 nitrogen and oxygen atoms in total. The summed E-state index contributed by atoms with van der Waals surface area (Å²) in [6.45, 7) is 6.01. The van der Waals surface area contributed by atoms with Crippen molar-refractivity contribution in [3.05, 3.63) is 53.5 Å². The fourth-order valence-electron chi connectivity index (χ4n) is 2.88. The maximum Gasteiger partial charge on any atom is 0.230 e. The maximum atomic E-state index is 12.4. The summed E-state index contributed by atoms with van der Waals surface area (Å²) in [5.74, 6) is 1.80. The van der Waals surface area contributed by atoms with Crippen LogP contribution in [0.5, 0.6) is 0 Å². The Morgan fingerprint density at radius 3 is 2.59 bits per heavy atom. The molecule has 0 unspecified atom stereocenters. The highest BCUT2D eigenvalue weighted by atomic mass is 32.2. The quantitative estimate of drug-likeness (QED) is 0.622. The second-order valence-electron chi connectivity index (χ2n) is 6.48. The van der Waals surface area contributed by atoms with E-state index >= 15 is 0 Å². The van der Waals surface area contributed by atoms with Crippen molar-refractivity contribution in [3.8, 4) is 11.4 Å². The van der Waals surface area contributed by atoms with E-state index in [1.54, 1.807) is 6.26 Å². The van der Waals surface area contributed by atoms with Gasteiger partial charge in [-0.05, 0) is 31.9 Å². The molecule has 0 aliphatic carbocycles. The normalized spacial score (nSPS) is 12.1. The second-order valence-corrected chi connectivity index (χ2v) is 7.43. The number of benzene rings is 1. The third-order valence-corrected chi connectivity index (χ3v) is 5.51. The third kappa shape index (κ3) is 4.42. The van der Waals surface area contributed by atoms with E-state index < -0.39 is 0 Å². The van der Waals surface area contributed by atoms with E-state index in [-0.39, 0.29) is 11.9 Å². The molecule has 0 fully saturated rings. The molecule has 1 atom stereocenters. The molecule has 0 saturated carbocycles. The zero-order valence-corrected chi connectivity index (χ0v) is 16.8. The lowest BCUT2D eigenvalue weighted by Gasteiger charge is -2.17.